The number of pyridine rings is 1. The second-order valence-electron chi connectivity index (χ2n) is 6.34. The predicted octanol–water partition coefficient (Wildman–Crippen LogP) is 3.65. The average molecular weight is 405 g/mol. The number of ether oxygens (including phenoxy) is 2. The number of rotatable bonds is 6. The van der Waals surface area contributed by atoms with Crippen molar-refractivity contribution in [2.24, 2.45) is 0 Å². The number of aromatic amines is 1. The van der Waals surface area contributed by atoms with Crippen LogP contribution in [0.4, 0.5) is 13.2 Å². The Morgan fingerprint density at radius 3 is 2.52 bits per heavy atom. The number of benzene rings is 2. The Balaban J connectivity index is 2.17. The van der Waals surface area contributed by atoms with E-state index in [0.29, 0.717) is 12.1 Å². The summed E-state index contributed by atoms with van der Waals surface area (Å²) >= 11 is 0. The number of fused-ring (bicyclic) bond motifs is 1. The van der Waals surface area contributed by atoms with E-state index in [9.17, 15) is 22.8 Å². The number of hydrogen-bond donors (Lipinski definition) is 1. The molecule has 1 N–H and O–H groups in total. The number of esters is 1. The Morgan fingerprint density at radius 2 is 1.86 bits per heavy atom. The fourth-order valence-electron chi connectivity index (χ4n) is 3.08. The normalized spacial score (nSPS) is 10.9. The molecule has 0 saturated heterocycles. The van der Waals surface area contributed by atoms with E-state index in [1.165, 1.54) is 19.2 Å². The van der Waals surface area contributed by atoms with Crippen LogP contribution >= 0.6 is 0 Å². The lowest BCUT2D eigenvalue weighted by Gasteiger charge is -2.14. The highest BCUT2D eigenvalue weighted by Gasteiger charge is 2.19. The Labute approximate surface area is 164 Å². The molecule has 0 unspecified atom stereocenters. The summed E-state index contributed by atoms with van der Waals surface area (Å²) < 4.78 is 51.5. The summed E-state index contributed by atoms with van der Waals surface area (Å²) in [6.45, 7) is 1.30. The SMILES string of the molecule is CCc1[nH]c2c(F)ccc(OCC(=O)OC)c2c(=O)c1Cc1ccc(F)cc1F. The third-order valence-electron chi connectivity index (χ3n) is 4.57. The monoisotopic (exact) mass is 405 g/mol. The first kappa shape index (κ1) is 20.4. The number of aromatic nitrogens is 1. The molecular formula is C21H18F3NO4. The van der Waals surface area contributed by atoms with Gasteiger partial charge in [0.2, 0.25) is 0 Å². The molecular weight excluding hydrogens is 387 g/mol. The number of carbonyl (C=O) groups is 1. The molecule has 0 aliphatic carbocycles. The van der Waals surface area contributed by atoms with E-state index in [-0.39, 0.29) is 34.2 Å². The summed E-state index contributed by atoms with van der Waals surface area (Å²) in [6.07, 6.45) is 0.240. The molecule has 0 atom stereocenters. The fourth-order valence-corrected chi connectivity index (χ4v) is 3.08. The van der Waals surface area contributed by atoms with Gasteiger partial charge in [-0.2, -0.15) is 0 Å². The van der Waals surface area contributed by atoms with Crippen molar-refractivity contribution in [3.8, 4) is 5.75 Å². The maximum Gasteiger partial charge on any atom is 0.343 e. The molecule has 3 rings (SSSR count). The zero-order valence-electron chi connectivity index (χ0n) is 15.8. The Bertz CT molecular complexity index is 1140. The lowest BCUT2D eigenvalue weighted by molar-refractivity contribution is -0.142. The van der Waals surface area contributed by atoms with Crippen LogP contribution in [0.2, 0.25) is 0 Å². The van der Waals surface area contributed by atoms with Crippen molar-refractivity contribution in [2.45, 2.75) is 19.8 Å². The van der Waals surface area contributed by atoms with Crippen molar-refractivity contribution in [3.63, 3.8) is 0 Å². The lowest BCUT2D eigenvalue weighted by atomic mass is 9.98. The summed E-state index contributed by atoms with van der Waals surface area (Å²) in [5.74, 6) is -2.85. The smallest absolute Gasteiger partial charge is 0.343 e. The summed E-state index contributed by atoms with van der Waals surface area (Å²) in [5, 5.41) is -0.0939. The van der Waals surface area contributed by atoms with Crippen molar-refractivity contribution >= 4 is 16.9 Å². The lowest BCUT2D eigenvalue weighted by Crippen LogP contribution is -2.19. The number of aryl methyl sites for hydroxylation is 1. The average Bonchev–Trinajstić information content (AvgIpc) is 2.70. The van der Waals surface area contributed by atoms with Crippen LogP contribution in [0.15, 0.2) is 35.1 Å². The molecule has 29 heavy (non-hydrogen) atoms. The van der Waals surface area contributed by atoms with Gasteiger partial charge in [0.25, 0.3) is 0 Å². The Hall–Kier alpha value is -3.29. The van der Waals surface area contributed by atoms with E-state index >= 15 is 0 Å². The molecule has 0 radical (unpaired) electrons. The maximum atomic E-state index is 14.4. The van der Waals surface area contributed by atoms with E-state index in [0.717, 1.165) is 18.2 Å². The molecule has 0 bridgehead atoms. The van der Waals surface area contributed by atoms with E-state index in [4.69, 9.17) is 4.74 Å². The van der Waals surface area contributed by atoms with Crippen LogP contribution in [0.1, 0.15) is 23.7 Å². The molecule has 1 heterocycles. The van der Waals surface area contributed by atoms with E-state index < -0.39 is 35.5 Å². The molecule has 152 valence electrons. The Kier molecular flexibility index (Phi) is 5.91. The minimum atomic E-state index is -0.784. The topological polar surface area (TPSA) is 68.4 Å². The standard InChI is InChI=1S/C21H18F3NO4/c1-3-16-13(8-11-4-5-12(22)9-15(11)24)21(27)19-17(29-10-18(26)28-2)7-6-14(23)20(19)25-16/h4-7,9H,3,8,10H2,1-2H3,(H,25,27). The molecule has 0 amide bonds. The summed E-state index contributed by atoms with van der Waals surface area (Å²) in [6, 6.07) is 5.45. The zero-order valence-corrected chi connectivity index (χ0v) is 15.8. The fraction of sp³-hybridized carbons (Fsp3) is 0.238. The van der Waals surface area contributed by atoms with Gasteiger partial charge in [0.1, 0.15) is 23.2 Å². The van der Waals surface area contributed by atoms with Gasteiger partial charge in [-0.3, -0.25) is 4.79 Å². The van der Waals surface area contributed by atoms with Gasteiger partial charge >= 0.3 is 5.97 Å². The number of halogens is 3. The number of carbonyl (C=O) groups excluding carboxylic acids is 1. The van der Waals surface area contributed by atoms with Gasteiger partial charge in [0.05, 0.1) is 18.0 Å². The molecule has 0 aliphatic rings. The summed E-state index contributed by atoms with van der Waals surface area (Å²) in [4.78, 5) is 27.4. The van der Waals surface area contributed by atoms with Gasteiger partial charge in [-0.05, 0) is 30.2 Å². The van der Waals surface area contributed by atoms with Crippen LogP contribution in [0.3, 0.4) is 0 Å². The van der Waals surface area contributed by atoms with Crippen molar-refractivity contribution in [3.05, 3.63) is 74.8 Å². The molecule has 2 aromatic carbocycles. The van der Waals surface area contributed by atoms with Crippen LogP contribution in [-0.4, -0.2) is 24.7 Å². The van der Waals surface area contributed by atoms with Gasteiger partial charge < -0.3 is 14.5 Å². The van der Waals surface area contributed by atoms with Crippen molar-refractivity contribution in [1.29, 1.82) is 0 Å². The van der Waals surface area contributed by atoms with Crippen LogP contribution in [-0.2, 0) is 22.4 Å². The molecule has 0 spiro atoms. The zero-order chi connectivity index (χ0) is 21.1. The van der Waals surface area contributed by atoms with Crippen LogP contribution in [0.25, 0.3) is 10.9 Å². The third kappa shape index (κ3) is 4.11. The molecule has 1 aromatic heterocycles. The predicted molar refractivity (Wildman–Crippen MR) is 101 cm³/mol. The molecule has 0 aliphatic heterocycles. The van der Waals surface area contributed by atoms with Crippen LogP contribution in [0, 0.1) is 17.5 Å². The van der Waals surface area contributed by atoms with Gasteiger partial charge in [-0.15, -0.1) is 0 Å². The molecule has 8 heteroatoms. The van der Waals surface area contributed by atoms with E-state index in [2.05, 4.69) is 9.72 Å². The van der Waals surface area contributed by atoms with Gasteiger partial charge in [-0.25, -0.2) is 18.0 Å². The minimum Gasteiger partial charge on any atom is -0.481 e. The van der Waals surface area contributed by atoms with Crippen LogP contribution in [0.5, 0.6) is 5.75 Å². The number of H-pyrrole nitrogens is 1. The first-order valence-electron chi connectivity index (χ1n) is 8.85. The first-order chi connectivity index (χ1) is 13.8. The molecule has 0 fully saturated rings. The first-order valence-corrected chi connectivity index (χ1v) is 8.85. The maximum absolute atomic E-state index is 14.4. The van der Waals surface area contributed by atoms with Crippen molar-refractivity contribution < 1.29 is 27.4 Å². The molecule has 3 aromatic rings. The number of nitrogens with one attached hydrogen (secondary N) is 1. The largest absolute Gasteiger partial charge is 0.481 e. The summed E-state index contributed by atoms with van der Waals surface area (Å²) in [7, 11) is 1.18. The molecule has 5 nitrogen and oxygen atoms in total. The highest BCUT2D eigenvalue weighted by Crippen LogP contribution is 2.26. The van der Waals surface area contributed by atoms with E-state index in [1.807, 2.05) is 0 Å². The van der Waals surface area contributed by atoms with Gasteiger partial charge in [-0.1, -0.05) is 13.0 Å². The van der Waals surface area contributed by atoms with Crippen molar-refractivity contribution in [2.75, 3.05) is 13.7 Å². The highest BCUT2D eigenvalue weighted by atomic mass is 19.1. The van der Waals surface area contributed by atoms with Crippen molar-refractivity contribution in [1.82, 2.24) is 4.98 Å². The Morgan fingerprint density at radius 1 is 1.10 bits per heavy atom. The van der Waals surface area contributed by atoms with Gasteiger partial charge in [0, 0.05) is 23.7 Å². The van der Waals surface area contributed by atoms with E-state index in [1.54, 1.807) is 6.92 Å². The highest BCUT2D eigenvalue weighted by molar-refractivity contribution is 5.87. The number of hydrogen-bond acceptors (Lipinski definition) is 4. The minimum absolute atomic E-state index is 0.00321. The number of methoxy groups -OCH3 is 1. The third-order valence-corrected chi connectivity index (χ3v) is 4.57. The molecule has 0 saturated carbocycles. The second kappa shape index (κ2) is 8.38. The van der Waals surface area contributed by atoms with Gasteiger partial charge in [0.15, 0.2) is 12.0 Å². The quantitative estimate of drug-likeness (QED) is 0.636. The van der Waals surface area contributed by atoms with Crippen LogP contribution < -0.4 is 10.2 Å². The second-order valence-corrected chi connectivity index (χ2v) is 6.34. The summed E-state index contributed by atoms with van der Waals surface area (Å²) in [5.41, 5.74) is 0.130.